The molecule has 1 aliphatic heterocycles. The van der Waals surface area contributed by atoms with Gasteiger partial charge in [0.05, 0.1) is 0 Å². The third kappa shape index (κ3) is 2.33. The fourth-order valence-corrected chi connectivity index (χ4v) is 3.23. The Morgan fingerprint density at radius 1 is 1.19 bits per heavy atom. The van der Waals surface area contributed by atoms with Crippen molar-refractivity contribution in [2.24, 2.45) is 0 Å². The number of piperidine rings is 1. The minimum absolute atomic E-state index is 0.756. The Labute approximate surface area is 106 Å². The summed E-state index contributed by atoms with van der Waals surface area (Å²) in [6.45, 7) is 2.61. The van der Waals surface area contributed by atoms with Crippen LogP contribution in [0.3, 0.4) is 0 Å². The number of halogens is 1. The van der Waals surface area contributed by atoms with Crippen molar-refractivity contribution in [3.63, 3.8) is 0 Å². The van der Waals surface area contributed by atoms with Crippen LogP contribution in [0.4, 0.5) is 0 Å². The van der Waals surface area contributed by atoms with E-state index in [4.69, 9.17) is 0 Å². The van der Waals surface area contributed by atoms with Crippen molar-refractivity contribution in [3.05, 3.63) is 34.3 Å². The standard InChI is InChI=1S/C14H18BrN/c15-13-5-1-3-11(9-13)12-4-2-8-16(10-12)14-6-7-14/h1,3,5,9,12,14H,2,4,6-8,10H2. The molecule has 1 saturated heterocycles. The molecule has 1 heterocycles. The van der Waals surface area contributed by atoms with Crippen LogP contribution in [0.5, 0.6) is 0 Å². The van der Waals surface area contributed by atoms with Gasteiger partial charge in [0, 0.05) is 17.1 Å². The van der Waals surface area contributed by atoms with E-state index in [9.17, 15) is 0 Å². The Morgan fingerprint density at radius 2 is 2.06 bits per heavy atom. The van der Waals surface area contributed by atoms with E-state index in [1.54, 1.807) is 0 Å². The Kier molecular flexibility index (Phi) is 3.03. The van der Waals surface area contributed by atoms with Crippen molar-refractivity contribution in [1.82, 2.24) is 4.90 Å². The molecule has 0 spiro atoms. The number of likely N-dealkylation sites (tertiary alicyclic amines) is 1. The van der Waals surface area contributed by atoms with Gasteiger partial charge in [0.1, 0.15) is 0 Å². The monoisotopic (exact) mass is 279 g/mol. The highest BCUT2D eigenvalue weighted by Gasteiger charge is 2.32. The van der Waals surface area contributed by atoms with Crippen LogP contribution in [-0.2, 0) is 0 Å². The highest BCUT2D eigenvalue weighted by atomic mass is 79.9. The molecule has 1 saturated carbocycles. The number of rotatable bonds is 2. The maximum absolute atomic E-state index is 3.57. The van der Waals surface area contributed by atoms with Gasteiger partial charge in [-0.15, -0.1) is 0 Å². The molecule has 2 fully saturated rings. The van der Waals surface area contributed by atoms with E-state index >= 15 is 0 Å². The van der Waals surface area contributed by atoms with Crippen molar-refractivity contribution < 1.29 is 0 Å². The normalized spacial score (nSPS) is 26.9. The highest BCUT2D eigenvalue weighted by Crippen LogP contribution is 2.35. The molecule has 1 nitrogen and oxygen atoms in total. The zero-order valence-corrected chi connectivity index (χ0v) is 11.1. The van der Waals surface area contributed by atoms with Crippen molar-refractivity contribution in [3.8, 4) is 0 Å². The number of nitrogens with zero attached hydrogens (tertiary/aromatic N) is 1. The summed E-state index contributed by atoms with van der Waals surface area (Å²) in [5.41, 5.74) is 1.51. The fourth-order valence-electron chi connectivity index (χ4n) is 2.81. The largest absolute Gasteiger partial charge is 0.300 e. The minimum atomic E-state index is 0.756. The smallest absolute Gasteiger partial charge is 0.0178 e. The maximum Gasteiger partial charge on any atom is 0.0178 e. The van der Waals surface area contributed by atoms with Gasteiger partial charge in [0.25, 0.3) is 0 Å². The van der Waals surface area contributed by atoms with Crippen LogP contribution in [0.2, 0.25) is 0 Å². The second kappa shape index (κ2) is 4.50. The molecule has 2 heteroatoms. The molecule has 86 valence electrons. The van der Waals surface area contributed by atoms with Gasteiger partial charge in [-0.05, 0) is 55.8 Å². The predicted molar refractivity (Wildman–Crippen MR) is 70.7 cm³/mol. The van der Waals surface area contributed by atoms with Gasteiger partial charge in [0.2, 0.25) is 0 Å². The van der Waals surface area contributed by atoms with E-state index in [1.165, 1.54) is 48.8 Å². The van der Waals surface area contributed by atoms with E-state index in [2.05, 4.69) is 45.1 Å². The summed E-state index contributed by atoms with van der Waals surface area (Å²) < 4.78 is 1.22. The lowest BCUT2D eigenvalue weighted by atomic mass is 9.90. The zero-order chi connectivity index (χ0) is 11.0. The molecular weight excluding hydrogens is 262 g/mol. The lowest BCUT2D eigenvalue weighted by Crippen LogP contribution is -2.35. The molecule has 0 amide bonds. The summed E-state index contributed by atoms with van der Waals surface area (Å²) >= 11 is 3.57. The van der Waals surface area contributed by atoms with E-state index in [0.717, 1.165) is 12.0 Å². The van der Waals surface area contributed by atoms with Gasteiger partial charge in [0.15, 0.2) is 0 Å². The maximum atomic E-state index is 3.57. The Balaban J connectivity index is 1.73. The minimum Gasteiger partial charge on any atom is -0.300 e. The molecule has 1 atom stereocenters. The molecule has 1 aromatic carbocycles. The molecular formula is C14H18BrN. The van der Waals surface area contributed by atoms with Crippen molar-refractivity contribution in [2.45, 2.75) is 37.6 Å². The fraction of sp³-hybridized carbons (Fsp3) is 0.571. The summed E-state index contributed by atoms with van der Waals surface area (Å²) in [4.78, 5) is 2.70. The first-order valence-corrected chi connectivity index (χ1v) is 7.12. The lowest BCUT2D eigenvalue weighted by Gasteiger charge is -2.33. The van der Waals surface area contributed by atoms with Gasteiger partial charge >= 0.3 is 0 Å². The van der Waals surface area contributed by atoms with Gasteiger partial charge in [-0.2, -0.15) is 0 Å². The topological polar surface area (TPSA) is 3.24 Å². The molecule has 1 unspecified atom stereocenters. The van der Waals surface area contributed by atoms with Crippen LogP contribution in [0, 0.1) is 0 Å². The molecule has 1 aliphatic carbocycles. The molecule has 3 rings (SSSR count). The van der Waals surface area contributed by atoms with Crippen LogP contribution < -0.4 is 0 Å². The van der Waals surface area contributed by atoms with Crippen LogP contribution >= 0.6 is 15.9 Å². The van der Waals surface area contributed by atoms with Crippen LogP contribution in [0.1, 0.15) is 37.2 Å². The Morgan fingerprint density at radius 3 is 2.81 bits per heavy atom. The molecule has 0 aromatic heterocycles. The number of hydrogen-bond donors (Lipinski definition) is 0. The van der Waals surface area contributed by atoms with Gasteiger partial charge in [-0.3, -0.25) is 4.90 Å². The van der Waals surface area contributed by atoms with Gasteiger partial charge in [-0.1, -0.05) is 28.1 Å². The molecule has 1 aromatic rings. The Hall–Kier alpha value is -0.340. The molecule has 0 N–H and O–H groups in total. The van der Waals surface area contributed by atoms with Crippen molar-refractivity contribution in [2.75, 3.05) is 13.1 Å². The highest BCUT2D eigenvalue weighted by molar-refractivity contribution is 9.10. The molecule has 0 bridgehead atoms. The van der Waals surface area contributed by atoms with Crippen LogP contribution in [0.15, 0.2) is 28.7 Å². The first-order chi connectivity index (χ1) is 7.83. The van der Waals surface area contributed by atoms with Gasteiger partial charge < -0.3 is 0 Å². The SMILES string of the molecule is Brc1cccc(C2CCCN(C3CC3)C2)c1. The van der Waals surface area contributed by atoms with Crippen LogP contribution in [0.25, 0.3) is 0 Å². The van der Waals surface area contributed by atoms with E-state index in [-0.39, 0.29) is 0 Å². The third-order valence-corrected chi connectivity index (χ3v) is 4.33. The van der Waals surface area contributed by atoms with Gasteiger partial charge in [-0.25, -0.2) is 0 Å². The third-order valence-electron chi connectivity index (χ3n) is 3.84. The second-order valence-electron chi connectivity index (χ2n) is 5.12. The lowest BCUT2D eigenvalue weighted by molar-refractivity contribution is 0.199. The number of benzene rings is 1. The summed E-state index contributed by atoms with van der Waals surface area (Å²) in [5, 5.41) is 0. The van der Waals surface area contributed by atoms with E-state index < -0.39 is 0 Å². The van der Waals surface area contributed by atoms with Crippen molar-refractivity contribution >= 4 is 15.9 Å². The molecule has 0 radical (unpaired) electrons. The molecule has 16 heavy (non-hydrogen) atoms. The molecule has 2 aliphatic rings. The second-order valence-corrected chi connectivity index (χ2v) is 6.04. The summed E-state index contributed by atoms with van der Waals surface area (Å²) in [5.74, 6) is 0.756. The van der Waals surface area contributed by atoms with Crippen LogP contribution in [-0.4, -0.2) is 24.0 Å². The Bertz CT molecular complexity index is 373. The average Bonchev–Trinajstić information content (AvgIpc) is 3.13. The quantitative estimate of drug-likeness (QED) is 0.796. The summed E-state index contributed by atoms with van der Waals surface area (Å²) in [6, 6.07) is 9.78. The van der Waals surface area contributed by atoms with Crippen molar-refractivity contribution in [1.29, 1.82) is 0 Å². The van der Waals surface area contributed by atoms with E-state index in [1.807, 2.05) is 0 Å². The zero-order valence-electron chi connectivity index (χ0n) is 9.53. The van der Waals surface area contributed by atoms with E-state index in [0.29, 0.717) is 0 Å². The number of hydrogen-bond acceptors (Lipinski definition) is 1. The predicted octanol–water partition coefficient (Wildman–Crippen LogP) is 3.79. The first kappa shape index (κ1) is 10.8. The average molecular weight is 280 g/mol. The first-order valence-electron chi connectivity index (χ1n) is 6.32. The summed E-state index contributed by atoms with van der Waals surface area (Å²) in [7, 11) is 0. The summed E-state index contributed by atoms with van der Waals surface area (Å²) in [6.07, 6.45) is 5.60.